The quantitative estimate of drug-likeness (QED) is 0.523. The fraction of sp³-hybridized carbons (Fsp3) is 0.429. The molecule has 0 spiro atoms. The minimum atomic E-state index is -1.00. The number of carboxylic acid groups (broad SMARTS) is 1. The smallest absolute Gasteiger partial charge is 0.336 e. The largest absolute Gasteiger partial charge is 0.478 e. The Labute approximate surface area is 171 Å². The lowest BCUT2D eigenvalue weighted by Crippen LogP contribution is -2.41. The maximum absolute atomic E-state index is 13.0. The van der Waals surface area contributed by atoms with Crippen LogP contribution in [0.15, 0.2) is 33.9 Å². The Balaban J connectivity index is 1.51. The molecule has 0 bridgehead atoms. The van der Waals surface area contributed by atoms with Gasteiger partial charge < -0.3 is 15.4 Å². The minimum Gasteiger partial charge on any atom is -0.478 e. The first kappa shape index (κ1) is 18.7. The standard InChI is InChI=1S/C21H23N5O4/c27-18-16-17(25(10-12-5-6-12)21(30)26(18)11-13-7-8-13)24-20(23-16)22-9-14-3-1-2-4-15(14)19(28)29/h1-4,12-13H,5-11H2,(H,28,29)(H2,22,23,24). The van der Waals surface area contributed by atoms with Crippen LogP contribution in [0.3, 0.4) is 0 Å². The molecular weight excluding hydrogens is 386 g/mol. The van der Waals surface area contributed by atoms with Gasteiger partial charge in [0.1, 0.15) is 0 Å². The summed E-state index contributed by atoms with van der Waals surface area (Å²) in [4.78, 5) is 44.9. The summed E-state index contributed by atoms with van der Waals surface area (Å²) in [5, 5.41) is 12.4. The summed E-state index contributed by atoms with van der Waals surface area (Å²) >= 11 is 0. The highest BCUT2D eigenvalue weighted by Crippen LogP contribution is 2.31. The van der Waals surface area contributed by atoms with Gasteiger partial charge in [0.15, 0.2) is 11.2 Å². The molecule has 1 aromatic carbocycles. The van der Waals surface area contributed by atoms with Crippen molar-refractivity contribution in [1.82, 2.24) is 19.1 Å². The molecule has 9 nitrogen and oxygen atoms in total. The van der Waals surface area contributed by atoms with Crippen LogP contribution in [0.1, 0.15) is 41.6 Å². The van der Waals surface area contributed by atoms with E-state index in [9.17, 15) is 19.5 Å². The molecule has 2 saturated carbocycles. The summed E-state index contributed by atoms with van der Waals surface area (Å²) < 4.78 is 2.95. The Bertz CT molecular complexity index is 1250. The van der Waals surface area contributed by atoms with E-state index in [2.05, 4.69) is 15.3 Å². The van der Waals surface area contributed by atoms with Gasteiger partial charge in [-0.25, -0.2) is 9.59 Å². The molecule has 0 saturated heterocycles. The molecule has 3 aromatic rings. The van der Waals surface area contributed by atoms with E-state index in [0.717, 1.165) is 25.7 Å². The number of carbonyl (C=O) groups is 1. The number of H-pyrrole nitrogens is 1. The van der Waals surface area contributed by atoms with Gasteiger partial charge in [-0.2, -0.15) is 4.98 Å². The molecule has 0 atom stereocenters. The van der Waals surface area contributed by atoms with Crippen LogP contribution in [-0.4, -0.2) is 30.2 Å². The molecule has 3 N–H and O–H groups in total. The number of hydrogen-bond acceptors (Lipinski definition) is 5. The monoisotopic (exact) mass is 409 g/mol. The fourth-order valence-electron chi connectivity index (χ4n) is 3.76. The van der Waals surface area contributed by atoms with E-state index < -0.39 is 5.97 Å². The van der Waals surface area contributed by atoms with Gasteiger partial charge in [-0.3, -0.25) is 13.9 Å². The summed E-state index contributed by atoms with van der Waals surface area (Å²) in [6.45, 7) is 1.24. The lowest BCUT2D eigenvalue weighted by molar-refractivity contribution is 0.0696. The number of rotatable bonds is 8. The second-order valence-corrected chi connectivity index (χ2v) is 8.30. The van der Waals surface area contributed by atoms with Crippen molar-refractivity contribution in [3.8, 4) is 0 Å². The third-order valence-corrected chi connectivity index (χ3v) is 5.83. The van der Waals surface area contributed by atoms with Gasteiger partial charge in [-0.05, 0) is 49.1 Å². The summed E-state index contributed by atoms with van der Waals surface area (Å²) in [7, 11) is 0. The molecule has 30 heavy (non-hydrogen) atoms. The highest BCUT2D eigenvalue weighted by atomic mass is 16.4. The molecule has 5 rings (SSSR count). The van der Waals surface area contributed by atoms with E-state index in [-0.39, 0.29) is 23.4 Å². The number of fused-ring (bicyclic) bond motifs is 1. The molecule has 2 heterocycles. The number of hydrogen-bond donors (Lipinski definition) is 3. The van der Waals surface area contributed by atoms with Crippen molar-refractivity contribution in [2.75, 3.05) is 5.32 Å². The van der Waals surface area contributed by atoms with Crippen molar-refractivity contribution in [1.29, 1.82) is 0 Å². The van der Waals surface area contributed by atoms with Crippen LogP contribution in [0.4, 0.5) is 5.95 Å². The van der Waals surface area contributed by atoms with E-state index in [0.29, 0.717) is 47.6 Å². The lowest BCUT2D eigenvalue weighted by Gasteiger charge is -2.10. The maximum atomic E-state index is 13.0. The number of nitrogens with zero attached hydrogens (tertiary/aromatic N) is 3. The second kappa shape index (κ2) is 7.16. The van der Waals surface area contributed by atoms with Crippen LogP contribution >= 0.6 is 0 Å². The van der Waals surface area contributed by atoms with E-state index >= 15 is 0 Å². The number of aromatic nitrogens is 4. The molecule has 0 amide bonds. The van der Waals surface area contributed by atoms with Crippen LogP contribution in [0.2, 0.25) is 0 Å². The van der Waals surface area contributed by atoms with Crippen LogP contribution in [0, 0.1) is 11.8 Å². The number of carboxylic acids is 1. The molecule has 9 heteroatoms. The predicted octanol–water partition coefficient (Wildman–Crippen LogP) is 2.02. The highest BCUT2D eigenvalue weighted by molar-refractivity contribution is 5.89. The Morgan fingerprint density at radius 1 is 1.10 bits per heavy atom. The zero-order chi connectivity index (χ0) is 20.8. The second-order valence-electron chi connectivity index (χ2n) is 8.30. The summed E-state index contributed by atoms with van der Waals surface area (Å²) in [6.07, 6.45) is 4.25. The Morgan fingerprint density at radius 3 is 2.43 bits per heavy atom. The first-order valence-corrected chi connectivity index (χ1v) is 10.3. The average molecular weight is 409 g/mol. The van der Waals surface area contributed by atoms with Gasteiger partial charge in [-0.15, -0.1) is 0 Å². The summed E-state index contributed by atoms with van der Waals surface area (Å²) in [5.41, 5.74) is 0.842. The third-order valence-electron chi connectivity index (χ3n) is 5.83. The topological polar surface area (TPSA) is 122 Å². The van der Waals surface area contributed by atoms with Gasteiger partial charge in [0, 0.05) is 19.6 Å². The van der Waals surface area contributed by atoms with E-state index in [1.54, 1.807) is 28.8 Å². The maximum Gasteiger partial charge on any atom is 0.336 e. The highest BCUT2D eigenvalue weighted by Gasteiger charge is 2.28. The summed E-state index contributed by atoms with van der Waals surface area (Å²) in [6, 6.07) is 6.71. The third kappa shape index (κ3) is 3.51. The Hall–Kier alpha value is -3.36. The molecule has 0 aliphatic heterocycles. The Morgan fingerprint density at radius 2 is 1.77 bits per heavy atom. The fourth-order valence-corrected chi connectivity index (χ4v) is 3.76. The molecule has 0 unspecified atom stereocenters. The molecule has 2 aliphatic carbocycles. The first-order valence-electron chi connectivity index (χ1n) is 10.3. The van der Waals surface area contributed by atoms with Gasteiger partial charge in [0.25, 0.3) is 5.56 Å². The average Bonchev–Trinajstić information content (AvgIpc) is 3.66. The molecule has 2 fully saturated rings. The van der Waals surface area contributed by atoms with Crippen LogP contribution in [0.25, 0.3) is 11.2 Å². The van der Waals surface area contributed by atoms with E-state index in [4.69, 9.17) is 0 Å². The van der Waals surface area contributed by atoms with E-state index in [1.807, 2.05) is 0 Å². The SMILES string of the molecule is O=C(O)c1ccccc1CNc1nc2c([nH]1)c(=O)n(CC1CC1)c(=O)n2CC1CC1. The normalized spacial score (nSPS) is 16.1. The number of anilines is 1. The van der Waals surface area contributed by atoms with Crippen molar-refractivity contribution in [3.63, 3.8) is 0 Å². The van der Waals surface area contributed by atoms with Gasteiger partial charge in [0.2, 0.25) is 5.95 Å². The number of nitrogens with one attached hydrogen (secondary N) is 2. The number of imidazole rings is 1. The van der Waals surface area contributed by atoms with Gasteiger partial charge >= 0.3 is 11.7 Å². The van der Waals surface area contributed by atoms with Crippen LogP contribution < -0.4 is 16.6 Å². The number of benzene rings is 1. The van der Waals surface area contributed by atoms with Crippen LogP contribution in [-0.2, 0) is 19.6 Å². The van der Waals surface area contributed by atoms with Crippen molar-refractivity contribution in [2.24, 2.45) is 11.8 Å². The van der Waals surface area contributed by atoms with Crippen LogP contribution in [0.5, 0.6) is 0 Å². The lowest BCUT2D eigenvalue weighted by atomic mass is 10.1. The van der Waals surface area contributed by atoms with Crippen molar-refractivity contribution in [3.05, 3.63) is 56.2 Å². The van der Waals surface area contributed by atoms with Crippen molar-refractivity contribution in [2.45, 2.75) is 45.3 Å². The predicted molar refractivity (Wildman–Crippen MR) is 111 cm³/mol. The minimum absolute atomic E-state index is 0.207. The number of aromatic amines is 1. The Kier molecular flexibility index (Phi) is 4.45. The molecule has 2 aromatic heterocycles. The molecule has 2 aliphatic rings. The zero-order valence-corrected chi connectivity index (χ0v) is 16.4. The molecular formula is C21H23N5O4. The number of aromatic carboxylic acids is 1. The molecule has 156 valence electrons. The van der Waals surface area contributed by atoms with Gasteiger partial charge in [-0.1, -0.05) is 18.2 Å². The van der Waals surface area contributed by atoms with Gasteiger partial charge in [0.05, 0.1) is 5.56 Å². The van der Waals surface area contributed by atoms with E-state index in [1.165, 1.54) is 4.57 Å². The first-order chi connectivity index (χ1) is 14.5. The molecule has 0 radical (unpaired) electrons. The van der Waals surface area contributed by atoms with Crippen molar-refractivity contribution >= 4 is 23.1 Å². The summed E-state index contributed by atoms with van der Waals surface area (Å²) in [5.74, 6) is 0.192. The zero-order valence-electron chi connectivity index (χ0n) is 16.4. The van der Waals surface area contributed by atoms with Crippen molar-refractivity contribution < 1.29 is 9.90 Å².